The summed E-state index contributed by atoms with van der Waals surface area (Å²) in [6.07, 6.45) is 2.91. The Balaban J connectivity index is 2.30. The monoisotopic (exact) mass is 192 g/mol. The first kappa shape index (κ1) is 9.62. The lowest BCUT2D eigenvalue weighted by Crippen LogP contribution is -2.58. The van der Waals surface area contributed by atoms with Crippen molar-refractivity contribution in [3.8, 4) is 0 Å². The van der Waals surface area contributed by atoms with Crippen LogP contribution in [0.4, 0.5) is 0 Å². The molecule has 3 nitrogen and oxygen atoms in total. The standard InChI is InChI=1S/C11H16N2O/c1-3-9-4-5-13-10(6-9)11(14-2)7-12-8-11/h4-6,12H,3,7-8H2,1-2H3. The SMILES string of the molecule is CCc1ccnc(C2(OC)CNC2)c1. The maximum Gasteiger partial charge on any atom is 0.134 e. The Bertz CT molecular complexity index is 315. The lowest BCUT2D eigenvalue weighted by molar-refractivity contribution is -0.0598. The Morgan fingerprint density at radius 3 is 2.86 bits per heavy atom. The Morgan fingerprint density at radius 1 is 1.57 bits per heavy atom. The quantitative estimate of drug-likeness (QED) is 0.778. The van der Waals surface area contributed by atoms with Crippen LogP contribution >= 0.6 is 0 Å². The van der Waals surface area contributed by atoms with Gasteiger partial charge in [-0.3, -0.25) is 4.98 Å². The largest absolute Gasteiger partial charge is 0.369 e. The fourth-order valence-electron chi connectivity index (χ4n) is 1.73. The molecule has 1 aliphatic rings. The van der Waals surface area contributed by atoms with E-state index in [2.05, 4.69) is 29.4 Å². The van der Waals surface area contributed by atoms with Crippen LogP contribution in [0.1, 0.15) is 18.2 Å². The number of aromatic nitrogens is 1. The van der Waals surface area contributed by atoms with Crippen molar-refractivity contribution in [3.05, 3.63) is 29.6 Å². The molecule has 2 heterocycles. The van der Waals surface area contributed by atoms with Crippen molar-refractivity contribution in [2.24, 2.45) is 0 Å². The minimum Gasteiger partial charge on any atom is -0.369 e. The number of hydrogen-bond acceptors (Lipinski definition) is 3. The highest BCUT2D eigenvalue weighted by atomic mass is 16.5. The fourth-order valence-corrected chi connectivity index (χ4v) is 1.73. The Morgan fingerprint density at radius 2 is 2.36 bits per heavy atom. The molecule has 0 radical (unpaired) electrons. The third-order valence-electron chi connectivity index (χ3n) is 2.91. The molecule has 76 valence electrons. The van der Waals surface area contributed by atoms with Gasteiger partial charge in [-0.1, -0.05) is 6.92 Å². The van der Waals surface area contributed by atoms with E-state index in [0.717, 1.165) is 25.2 Å². The van der Waals surface area contributed by atoms with Crippen LogP contribution in [0.3, 0.4) is 0 Å². The van der Waals surface area contributed by atoms with Gasteiger partial charge in [0.25, 0.3) is 0 Å². The van der Waals surface area contributed by atoms with Crippen molar-refractivity contribution in [1.29, 1.82) is 0 Å². The number of ether oxygens (including phenoxy) is 1. The summed E-state index contributed by atoms with van der Waals surface area (Å²) >= 11 is 0. The van der Waals surface area contributed by atoms with E-state index in [-0.39, 0.29) is 5.60 Å². The van der Waals surface area contributed by atoms with E-state index in [0.29, 0.717) is 0 Å². The number of hydrogen-bond donors (Lipinski definition) is 1. The van der Waals surface area contributed by atoms with Gasteiger partial charge in [0.2, 0.25) is 0 Å². The number of nitrogens with one attached hydrogen (secondary N) is 1. The summed E-state index contributed by atoms with van der Waals surface area (Å²) in [6.45, 7) is 3.88. The van der Waals surface area contributed by atoms with E-state index in [9.17, 15) is 0 Å². The maximum atomic E-state index is 5.53. The Kier molecular flexibility index (Phi) is 2.52. The topological polar surface area (TPSA) is 34.1 Å². The van der Waals surface area contributed by atoms with Crippen LogP contribution in [0.25, 0.3) is 0 Å². The van der Waals surface area contributed by atoms with E-state index >= 15 is 0 Å². The predicted molar refractivity (Wildman–Crippen MR) is 55.2 cm³/mol. The second kappa shape index (κ2) is 3.67. The molecule has 1 N–H and O–H groups in total. The van der Waals surface area contributed by atoms with Crippen LogP contribution < -0.4 is 5.32 Å². The molecule has 1 aromatic rings. The minimum absolute atomic E-state index is 0.175. The second-order valence-electron chi connectivity index (χ2n) is 3.70. The average Bonchev–Trinajstić information content (AvgIpc) is 2.18. The highest BCUT2D eigenvalue weighted by Gasteiger charge is 2.40. The molecule has 0 aromatic carbocycles. The molecule has 0 unspecified atom stereocenters. The van der Waals surface area contributed by atoms with E-state index in [1.165, 1.54) is 5.56 Å². The van der Waals surface area contributed by atoms with Crippen molar-refractivity contribution in [2.75, 3.05) is 20.2 Å². The summed E-state index contributed by atoms with van der Waals surface area (Å²) < 4.78 is 5.53. The zero-order valence-corrected chi connectivity index (χ0v) is 8.71. The molecule has 1 fully saturated rings. The van der Waals surface area contributed by atoms with E-state index in [1.54, 1.807) is 7.11 Å². The highest BCUT2D eigenvalue weighted by molar-refractivity contribution is 5.24. The molecule has 1 saturated heterocycles. The van der Waals surface area contributed by atoms with Gasteiger partial charge < -0.3 is 10.1 Å². The van der Waals surface area contributed by atoms with Gasteiger partial charge in [0, 0.05) is 26.4 Å². The first-order valence-corrected chi connectivity index (χ1v) is 5.02. The highest BCUT2D eigenvalue weighted by Crippen LogP contribution is 2.27. The van der Waals surface area contributed by atoms with Gasteiger partial charge in [0.1, 0.15) is 5.60 Å². The summed E-state index contributed by atoms with van der Waals surface area (Å²) in [4.78, 5) is 4.39. The van der Waals surface area contributed by atoms with E-state index in [4.69, 9.17) is 4.74 Å². The van der Waals surface area contributed by atoms with Crippen LogP contribution in [0.2, 0.25) is 0 Å². The lowest BCUT2D eigenvalue weighted by atomic mass is 9.91. The second-order valence-corrected chi connectivity index (χ2v) is 3.70. The molecule has 0 amide bonds. The molecule has 0 bridgehead atoms. The summed E-state index contributed by atoms with van der Waals surface area (Å²) in [5.41, 5.74) is 2.20. The van der Waals surface area contributed by atoms with Crippen LogP contribution in [0.5, 0.6) is 0 Å². The summed E-state index contributed by atoms with van der Waals surface area (Å²) in [7, 11) is 1.75. The van der Waals surface area contributed by atoms with Gasteiger partial charge in [0.15, 0.2) is 0 Å². The Hall–Kier alpha value is -0.930. The predicted octanol–water partition coefficient (Wildman–Crippen LogP) is 1.09. The number of rotatable bonds is 3. The molecule has 2 rings (SSSR count). The first-order valence-electron chi connectivity index (χ1n) is 5.02. The summed E-state index contributed by atoms with van der Waals surface area (Å²) in [5.74, 6) is 0. The summed E-state index contributed by atoms with van der Waals surface area (Å²) in [6, 6.07) is 4.20. The molecule has 0 aliphatic carbocycles. The van der Waals surface area contributed by atoms with Crippen molar-refractivity contribution >= 4 is 0 Å². The minimum atomic E-state index is -0.175. The smallest absolute Gasteiger partial charge is 0.134 e. The molecule has 0 spiro atoms. The van der Waals surface area contributed by atoms with Crippen LogP contribution in [-0.4, -0.2) is 25.2 Å². The van der Waals surface area contributed by atoms with Gasteiger partial charge >= 0.3 is 0 Å². The lowest BCUT2D eigenvalue weighted by Gasteiger charge is -2.40. The van der Waals surface area contributed by atoms with Crippen LogP contribution in [0.15, 0.2) is 18.3 Å². The third-order valence-corrected chi connectivity index (χ3v) is 2.91. The molecule has 3 heteroatoms. The molecule has 0 saturated carbocycles. The van der Waals surface area contributed by atoms with E-state index < -0.39 is 0 Å². The number of aryl methyl sites for hydroxylation is 1. The van der Waals surface area contributed by atoms with Crippen molar-refractivity contribution in [3.63, 3.8) is 0 Å². The fraction of sp³-hybridized carbons (Fsp3) is 0.545. The van der Waals surface area contributed by atoms with Gasteiger partial charge in [-0.25, -0.2) is 0 Å². The third kappa shape index (κ3) is 1.42. The van der Waals surface area contributed by atoms with Gasteiger partial charge in [-0.2, -0.15) is 0 Å². The average molecular weight is 192 g/mol. The number of pyridine rings is 1. The van der Waals surface area contributed by atoms with Crippen molar-refractivity contribution in [2.45, 2.75) is 18.9 Å². The van der Waals surface area contributed by atoms with Crippen molar-refractivity contribution in [1.82, 2.24) is 10.3 Å². The van der Waals surface area contributed by atoms with Crippen LogP contribution in [-0.2, 0) is 16.8 Å². The number of nitrogens with zero attached hydrogens (tertiary/aromatic N) is 1. The molecule has 0 atom stereocenters. The molecule has 1 aliphatic heterocycles. The molecular formula is C11H16N2O. The van der Waals surface area contributed by atoms with E-state index in [1.807, 2.05) is 6.20 Å². The molecule has 1 aromatic heterocycles. The van der Waals surface area contributed by atoms with Gasteiger partial charge in [-0.15, -0.1) is 0 Å². The van der Waals surface area contributed by atoms with Crippen LogP contribution in [0, 0.1) is 0 Å². The molecular weight excluding hydrogens is 176 g/mol. The molecule has 14 heavy (non-hydrogen) atoms. The number of methoxy groups -OCH3 is 1. The van der Waals surface area contributed by atoms with Gasteiger partial charge in [0.05, 0.1) is 5.69 Å². The first-order chi connectivity index (χ1) is 6.80. The maximum absolute atomic E-state index is 5.53. The zero-order chi connectivity index (χ0) is 10.0. The van der Waals surface area contributed by atoms with Crippen molar-refractivity contribution < 1.29 is 4.74 Å². The normalized spacial score (nSPS) is 19.0. The summed E-state index contributed by atoms with van der Waals surface area (Å²) in [5, 5.41) is 3.22. The zero-order valence-electron chi connectivity index (χ0n) is 8.71. The Labute approximate surface area is 84.5 Å². The van der Waals surface area contributed by atoms with Gasteiger partial charge in [-0.05, 0) is 24.1 Å².